The molecule has 1 aliphatic heterocycles. The van der Waals surface area contributed by atoms with Gasteiger partial charge in [-0.3, -0.25) is 14.9 Å². The summed E-state index contributed by atoms with van der Waals surface area (Å²) in [5.74, 6) is -2.51. The molecule has 1 unspecified atom stereocenters. The highest BCUT2D eigenvalue weighted by molar-refractivity contribution is 7.89. The molecule has 4 N–H and O–H groups in total. The van der Waals surface area contributed by atoms with Crippen molar-refractivity contribution in [1.82, 2.24) is 0 Å². The Bertz CT molecular complexity index is 751. The average Bonchev–Trinajstić information content (AvgIpc) is 2.67. The molecular weight excluding hydrogens is 319 g/mol. The molecule has 0 aromatic heterocycles. The first-order valence-electron chi connectivity index (χ1n) is 6.12. The topological polar surface area (TPSA) is 150 Å². The van der Waals surface area contributed by atoms with Crippen LogP contribution >= 0.6 is 0 Å². The molecule has 1 amide bonds. The zero-order valence-electron chi connectivity index (χ0n) is 11.2. The molecular formula is C11H13FN4O5S. The second-order valence-electron chi connectivity index (χ2n) is 5.02. The Morgan fingerprint density at radius 2 is 2.09 bits per heavy atom. The maximum Gasteiger partial charge on any atom is 0.307 e. The molecule has 1 aliphatic rings. The lowest BCUT2D eigenvalue weighted by atomic mass is 10.1. The maximum atomic E-state index is 13.4. The predicted molar refractivity (Wildman–Crippen MR) is 75.9 cm³/mol. The number of nitrogens with two attached hydrogens (primary N) is 2. The molecule has 1 aromatic rings. The van der Waals surface area contributed by atoms with Crippen LogP contribution in [0.2, 0.25) is 0 Å². The fourth-order valence-corrected chi connectivity index (χ4v) is 3.27. The molecule has 1 atom stereocenters. The first-order valence-corrected chi connectivity index (χ1v) is 7.84. The van der Waals surface area contributed by atoms with Crippen LogP contribution in [-0.4, -0.2) is 31.5 Å². The van der Waals surface area contributed by atoms with Crippen molar-refractivity contribution in [3.05, 3.63) is 28.1 Å². The molecule has 0 spiro atoms. The van der Waals surface area contributed by atoms with E-state index in [-0.39, 0.29) is 24.3 Å². The summed E-state index contributed by atoms with van der Waals surface area (Å²) >= 11 is 0. The third-order valence-corrected chi connectivity index (χ3v) is 4.19. The van der Waals surface area contributed by atoms with E-state index in [0.717, 1.165) is 17.0 Å². The number of hydrogen-bond donors (Lipinski definition) is 2. The smallest absolute Gasteiger partial charge is 0.307 e. The summed E-state index contributed by atoms with van der Waals surface area (Å²) in [6.07, 6.45) is -0.0823. The van der Waals surface area contributed by atoms with Crippen LogP contribution < -0.4 is 15.8 Å². The zero-order valence-corrected chi connectivity index (χ0v) is 12.0. The molecule has 1 fully saturated rings. The number of primary sulfonamides is 1. The van der Waals surface area contributed by atoms with E-state index in [1.807, 2.05) is 0 Å². The van der Waals surface area contributed by atoms with Crippen molar-refractivity contribution in [2.75, 3.05) is 22.9 Å². The number of carbonyl (C=O) groups excluding carboxylic acids is 1. The number of hydrogen-bond acceptors (Lipinski definition) is 6. The van der Waals surface area contributed by atoms with Gasteiger partial charge in [0.2, 0.25) is 21.7 Å². The number of halogens is 1. The summed E-state index contributed by atoms with van der Waals surface area (Å²) in [7, 11) is -3.75. The lowest BCUT2D eigenvalue weighted by Crippen LogP contribution is -2.28. The minimum Gasteiger partial charge on any atom is -0.397 e. The number of sulfonamides is 1. The van der Waals surface area contributed by atoms with Crippen LogP contribution in [0.15, 0.2) is 12.1 Å². The lowest BCUT2D eigenvalue weighted by Gasteiger charge is -2.18. The Morgan fingerprint density at radius 3 is 2.64 bits per heavy atom. The van der Waals surface area contributed by atoms with Gasteiger partial charge in [0, 0.05) is 31.0 Å². The summed E-state index contributed by atoms with van der Waals surface area (Å²) in [5, 5.41) is 15.7. The molecule has 2 rings (SSSR count). The average molecular weight is 332 g/mol. The second kappa shape index (κ2) is 5.50. The van der Waals surface area contributed by atoms with Crippen LogP contribution in [0.25, 0.3) is 0 Å². The van der Waals surface area contributed by atoms with Gasteiger partial charge in [0.15, 0.2) is 0 Å². The highest BCUT2D eigenvalue weighted by atomic mass is 32.2. The predicted octanol–water partition coefficient (Wildman–Crippen LogP) is -0.0425. The van der Waals surface area contributed by atoms with Crippen LogP contribution in [-0.2, 0) is 14.8 Å². The maximum absolute atomic E-state index is 13.4. The van der Waals surface area contributed by atoms with E-state index >= 15 is 0 Å². The number of anilines is 2. The van der Waals surface area contributed by atoms with Crippen molar-refractivity contribution in [3.63, 3.8) is 0 Å². The molecule has 1 aromatic carbocycles. The number of rotatable bonds is 4. The third kappa shape index (κ3) is 3.31. The Balaban J connectivity index is 2.34. The lowest BCUT2D eigenvalue weighted by molar-refractivity contribution is -0.387. The molecule has 0 bridgehead atoms. The molecule has 0 aliphatic carbocycles. The Labute approximate surface area is 124 Å². The van der Waals surface area contributed by atoms with Crippen molar-refractivity contribution in [1.29, 1.82) is 0 Å². The van der Waals surface area contributed by atoms with E-state index < -0.39 is 44.0 Å². The van der Waals surface area contributed by atoms with Crippen molar-refractivity contribution >= 4 is 33.0 Å². The number of nitro benzene ring substituents is 1. The highest BCUT2D eigenvalue weighted by Crippen LogP contribution is 2.34. The standard InChI is InChI=1S/C11H13FN4O5S/c12-7-2-8(13)10(3-9(7)16(18)19)15-4-6(1-11(15)17)5-22(14,20)21/h2-3,6H,1,4-5,13H2,(H2,14,20,21). The van der Waals surface area contributed by atoms with E-state index in [1.54, 1.807) is 0 Å². The fraction of sp³-hybridized carbons (Fsp3) is 0.364. The van der Waals surface area contributed by atoms with Gasteiger partial charge in [0.1, 0.15) is 0 Å². The number of nitro groups is 1. The van der Waals surface area contributed by atoms with E-state index in [9.17, 15) is 27.7 Å². The number of nitrogen functional groups attached to an aromatic ring is 1. The van der Waals surface area contributed by atoms with Gasteiger partial charge in [-0.05, 0) is 0 Å². The van der Waals surface area contributed by atoms with E-state index in [4.69, 9.17) is 10.9 Å². The summed E-state index contributed by atoms with van der Waals surface area (Å²) in [6.45, 7) is -0.0117. The van der Waals surface area contributed by atoms with Crippen molar-refractivity contribution in [3.8, 4) is 0 Å². The summed E-state index contributed by atoms with van der Waals surface area (Å²) in [4.78, 5) is 22.9. The third-order valence-electron chi connectivity index (χ3n) is 3.26. The SMILES string of the molecule is Nc1cc(F)c([N+](=O)[O-])cc1N1CC(CS(N)(=O)=O)CC1=O. The largest absolute Gasteiger partial charge is 0.397 e. The fourth-order valence-electron chi connectivity index (χ4n) is 2.39. The first kappa shape index (κ1) is 16.1. The minimum absolute atomic E-state index is 0.0117. The summed E-state index contributed by atoms with van der Waals surface area (Å²) in [5.41, 5.74) is 4.63. The van der Waals surface area contributed by atoms with Crippen molar-refractivity contribution < 1.29 is 22.5 Å². The number of nitrogens with zero attached hydrogens (tertiary/aromatic N) is 2. The molecule has 11 heteroatoms. The Kier molecular flexibility index (Phi) is 4.02. The van der Waals surface area contributed by atoms with E-state index in [1.165, 1.54) is 0 Å². The first-order chi connectivity index (χ1) is 10.1. The molecule has 120 valence electrons. The van der Waals surface area contributed by atoms with Crippen LogP contribution in [0.4, 0.5) is 21.5 Å². The van der Waals surface area contributed by atoms with Gasteiger partial charge in [-0.1, -0.05) is 0 Å². The van der Waals surface area contributed by atoms with Gasteiger partial charge in [0.05, 0.1) is 22.1 Å². The number of carbonyl (C=O) groups is 1. The van der Waals surface area contributed by atoms with E-state index in [2.05, 4.69) is 0 Å². The van der Waals surface area contributed by atoms with Gasteiger partial charge in [-0.25, -0.2) is 13.6 Å². The van der Waals surface area contributed by atoms with Gasteiger partial charge in [-0.2, -0.15) is 4.39 Å². The van der Waals surface area contributed by atoms with Crippen molar-refractivity contribution in [2.45, 2.75) is 6.42 Å². The molecule has 0 radical (unpaired) electrons. The number of amides is 1. The van der Waals surface area contributed by atoms with Gasteiger partial charge >= 0.3 is 5.69 Å². The van der Waals surface area contributed by atoms with Crippen molar-refractivity contribution in [2.24, 2.45) is 11.1 Å². The Hall–Kier alpha value is -2.27. The molecule has 22 heavy (non-hydrogen) atoms. The number of benzene rings is 1. The van der Waals surface area contributed by atoms with Crippen LogP contribution in [0.5, 0.6) is 0 Å². The summed E-state index contributed by atoms with van der Waals surface area (Å²) in [6, 6.07) is 1.62. The molecule has 1 saturated heterocycles. The van der Waals surface area contributed by atoms with Crippen LogP contribution in [0, 0.1) is 21.8 Å². The van der Waals surface area contributed by atoms with E-state index in [0.29, 0.717) is 0 Å². The van der Waals surface area contributed by atoms with Gasteiger partial charge < -0.3 is 10.6 Å². The second-order valence-corrected chi connectivity index (χ2v) is 6.68. The van der Waals surface area contributed by atoms with Gasteiger partial charge in [0.25, 0.3) is 0 Å². The zero-order chi connectivity index (χ0) is 16.7. The minimum atomic E-state index is -3.75. The Morgan fingerprint density at radius 1 is 1.45 bits per heavy atom. The van der Waals surface area contributed by atoms with Crippen LogP contribution in [0.1, 0.15) is 6.42 Å². The normalized spacial score (nSPS) is 18.7. The quantitative estimate of drug-likeness (QED) is 0.448. The summed E-state index contributed by atoms with van der Waals surface area (Å²) < 4.78 is 35.6. The highest BCUT2D eigenvalue weighted by Gasteiger charge is 2.34. The van der Waals surface area contributed by atoms with Crippen LogP contribution in [0.3, 0.4) is 0 Å². The van der Waals surface area contributed by atoms with Gasteiger partial charge in [-0.15, -0.1) is 0 Å². The molecule has 0 saturated carbocycles. The molecule has 9 nitrogen and oxygen atoms in total. The monoisotopic (exact) mass is 332 g/mol. The molecule has 1 heterocycles.